The van der Waals surface area contributed by atoms with Crippen molar-refractivity contribution in [2.45, 2.75) is 11.7 Å². The fraction of sp³-hybridized carbons (Fsp3) is 0.600. The molecule has 0 saturated heterocycles. The lowest BCUT2D eigenvalue weighted by Crippen LogP contribution is -2.45. The van der Waals surface area contributed by atoms with Gasteiger partial charge >= 0.3 is 0 Å². The fourth-order valence-corrected chi connectivity index (χ4v) is 1.07. The molecule has 0 radical (unpaired) electrons. The molecule has 0 saturated carbocycles. The van der Waals surface area contributed by atoms with Gasteiger partial charge in [-0.05, 0) is 6.20 Å². The lowest BCUT2D eigenvalue weighted by atomic mass is 10.3. The first-order valence-electron chi connectivity index (χ1n) is 2.72. The average molecular weight is 167 g/mol. The van der Waals surface area contributed by atoms with Crippen molar-refractivity contribution in [1.82, 2.24) is 10.6 Å². The second kappa shape index (κ2) is 3.30. The van der Waals surface area contributed by atoms with E-state index in [1.807, 2.05) is 6.08 Å². The van der Waals surface area contributed by atoms with Crippen molar-refractivity contribution < 1.29 is 0 Å². The largest absolute Gasteiger partial charge is 0.364 e. The molecule has 52 valence electrons. The molecular formula is C5H8Cl2N2. The highest BCUT2D eigenvalue weighted by Crippen LogP contribution is 1.99. The van der Waals surface area contributed by atoms with Gasteiger partial charge in [0.05, 0.1) is 0 Å². The van der Waals surface area contributed by atoms with Crippen LogP contribution in [0.4, 0.5) is 0 Å². The Kier molecular flexibility index (Phi) is 2.64. The van der Waals surface area contributed by atoms with Gasteiger partial charge in [0.15, 0.2) is 5.62 Å². The van der Waals surface area contributed by atoms with Crippen LogP contribution in [-0.2, 0) is 0 Å². The van der Waals surface area contributed by atoms with E-state index in [1.54, 1.807) is 6.20 Å². The molecule has 1 aliphatic heterocycles. The van der Waals surface area contributed by atoms with Crippen LogP contribution >= 0.6 is 23.2 Å². The van der Waals surface area contributed by atoms with E-state index in [-0.39, 0.29) is 11.7 Å². The molecule has 0 amide bonds. The van der Waals surface area contributed by atoms with Crippen LogP contribution in [0.15, 0.2) is 12.3 Å². The normalized spacial score (nSPS) is 34.0. The van der Waals surface area contributed by atoms with Crippen molar-refractivity contribution in [3.8, 4) is 0 Å². The maximum Gasteiger partial charge on any atom is 0.155 e. The minimum Gasteiger partial charge on any atom is -0.364 e. The van der Waals surface area contributed by atoms with Crippen LogP contribution < -0.4 is 10.6 Å². The Labute approximate surface area is 64.2 Å². The van der Waals surface area contributed by atoms with E-state index >= 15 is 0 Å². The zero-order valence-electron chi connectivity index (χ0n) is 4.77. The number of halogens is 2. The zero-order valence-corrected chi connectivity index (χ0v) is 6.28. The molecule has 1 aliphatic rings. The lowest BCUT2D eigenvalue weighted by molar-refractivity contribution is 0.534. The van der Waals surface area contributed by atoms with Crippen molar-refractivity contribution in [2.24, 2.45) is 0 Å². The van der Waals surface area contributed by atoms with E-state index in [0.717, 1.165) is 0 Å². The first-order chi connectivity index (χ1) is 4.33. The molecule has 0 spiro atoms. The summed E-state index contributed by atoms with van der Waals surface area (Å²) >= 11 is 11.2. The van der Waals surface area contributed by atoms with Crippen LogP contribution in [0.2, 0.25) is 0 Å². The predicted molar refractivity (Wildman–Crippen MR) is 39.6 cm³/mol. The molecule has 0 aromatic rings. The van der Waals surface area contributed by atoms with Gasteiger partial charge in [-0.15, -0.1) is 11.6 Å². The van der Waals surface area contributed by atoms with Crippen LogP contribution in [0.1, 0.15) is 0 Å². The van der Waals surface area contributed by atoms with Gasteiger partial charge in [0.25, 0.3) is 0 Å². The second-order valence-electron chi connectivity index (χ2n) is 1.82. The molecule has 0 aromatic heterocycles. The van der Waals surface area contributed by atoms with Gasteiger partial charge in [-0.25, -0.2) is 0 Å². The highest BCUT2D eigenvalue weighted by Gasteiger charge is 2.11. The van der Waals surface area contributed by atoms with Crippen molar-refractivity contribution >= 4 is 23.2 Å². The highest BCUT2D eigenvalue weighted by atomic mass is 35.5. The van der Waals surface area contributed by atoms with E-state index in [9.17, 15) is 0 Å². The SMILES string of the molecule is ClC[C@H]1C=CNC(Cl)N1. The summed E-state index contributed by atoms with van der Waals surface area (Å²) in [6, 6.07) is 0.204. The van der Waals surface area contributed by atoms with Gasteiger partial charge in [-0.2, -0.15) is 0 Å². The van der Waals surface area contributed by atoms with Crippen molar-refractivity contribution in [3.63, 3.8) is 0 Å². The molecule has 1 rings (SSSR count). The number of nitrogens with one attached hydrogen (secondary N) is 2. The van der Waals surface area contributed by atoms with Gasteiger partial charge in [0.2, 0.25) is 0 Å². The molecule has 2 nitrogen and oxygen atoms in total. The maximum atomic E-state index is 5.66. The number of hydrogen-bond acceptors (Lipinski definition) is 2. The molecule has 4 heteroatoms. The Bertz CT molecular complexity index is 116. The van der Waals surface area contributed by atoms with Gasteiger partial charge in [0, 0.05) is 11.9 Å². The molecule has 2 N–H and O–H groups in total. The molecule has 0 fully saturated rings. The summed E-state index contributed by atoms with van der Waals surface area (Å²) in [5.41, 5.74) is -0.182. The maximum absolute atomic E-state index is 5.66. The van der Waals surface area contributed by atoms with Crippen molar-refractivity contribution in [1.29, 1.82) is 0 Å². The van der Waals surface area contributed by atoms with E-state index in [0.29, 0.717) is 5.88 Å². The first-order valence-corrected chi connectivity index (χ1v) is 3.69. The summed E-state index contributed by atoms with van der Waals surface area (Å²) in [5, 5.41) is 5.86. The van der Waals surface area contributed by atoms with E-state index in [2.05, 4.69) is 10.6 Å². The Morgan fingerprint density at radius 2 is 2.33 bits per heavy atom. The predicted octanol–water partition coefficient (Wildman–Crippen LogP) is 0.823. The highest BCUT2D eigenvalue weighted by molar-refractivity contribution is 6.20. The summed E-state index contributed by atoms with van der Waals surface area (Å²) in [7, 11) is 0. The minimum absolute atomic E-state index is 0.182. The first kappa shape index (κ1) is 7.19. The van der Waals surface area contributed by atoms with Crippen LogP contribution in [0.5, 0.6) is 0 Å². The van der Waals surface area contributed by atoms with Gasteiger partial charge in [0.1, 0.15) is 0 Å². The fourth-order valence-electron chi connectivity index (χ4n) is 0.644. The second-order valence-corrected chi connectivity index (χ2v) is 2.56. The molecule has 1 unspecified atom stereocenters. The quantitative estimate of drug-likeness (QED) is 0.446. The standard InChI is InChI=1S/C5H8Cl2N2/c6-3-4-1-2-8-5(7)9-4/h1-2,4-5,8-9H,3H2/t4-,5?/m1/s1. The zero-order chi connectivity index (χ0) is 6.69. The molecule has 1 heterocycles. The van der Waals surface area contributed by atoms with Crippen molar-refractivity contribution in [3.05, 3.63) is 12.3 Å². The summed E-state index contributed by atoms with van der Waals surface area (Å²) in [6.45, 7) is 0. The molecule has 0 aliphatic carbocycles. The van der Waals surface area contributed by atoms with Gasteiger partial charge in [-0.3, -0.25) is 5.32 Å². The summed E-state index contributed by atoms with van der Waals surface area (Å²) < 4.78 is 0. The Hall–Kier alpha value is 0.0800. The van der Waals surface area contributed by atoms with Crippen LogP contribution in [0.3, 0.4) is 0 Å². The third-order valence-corrected chi connectivity index (χ3v) is 1.68. The summed E-state index contributed by atoms with van der Waals surface area (Å²) in [4.78, 5) is 0. The topological polar surface area (TPSA) is 24.1 Å². The Morgan fingerprint density at radius 3 is 2.78 bits per heavy atom. The molecule has 0 aromatic carbocycles. The molecular weight excluding hydrogens is 159 g/mol. The monoisotopic (exact) mass is 166 g/mol. The van der Waals surface area contributed by atoms with Gasteiger partial charge in [-0.1, -0.05) is 17.7 Å². The third kappa shape index (κ3) is 2.05. The van der Waals surface area contributed by atoms with E-state index < -0.39 is 0 Å². The van der Waals surface area contributed by atoms with E-state index in [1.165, 1.54) is 0 Å². The van der Waals surface area contributed by atoms with Crippen molar-refractivity contribution in [2.75, 3.05) is 5.88 Å². The number of alkyl halides is 2. The third-order valence-electron chi connectivity index (χ3n) is 1.10. The smallest absolute Gasteiger partial charge is 0.155 e. The summed E-state index contributed by atoms with van der Waals surface area (Å²) in [6.07, 6.45) is 3.74. The molecule has 2 atom stereocenters. The lowest BCUT2D eigenvalue weighted by Gasteiger charge is -2.21. The number of rotatable bonds is 1. The van der Waals surface area contributed by atoms with Crippen LogP contribution in [-0.4, -0.2) is 17.5 Å². The van der Waals surface area contributed by atoms with Crippen LogP contribution in [0, 0.1) is 0 Å². The van der Waals surface area contributed by atoms with Crippen LogP contribution in [0.25, 0.3) is 0 Å². The average Bonchev–Trinajstić information content (AvgIpc) is 1.88. The molecule has 9 heavy (non-hydrogen) atoms. The Balaban J connectivity index is 2.39. The molecule has 0 bridgehead atoms. The number of hydrogen-bond donors (Lipinski definition) is 2. The van der Waals surface area contributed by atoms with E-state index in [4.69, 9.17) is 23.2 Å². The Morgan fingerprint density at radius 1 is 1.56 bits per heavy atom. The summed E-state index contributed by atoms with van der Waals surface area (Å²) in [5.74, 6) is 0.557. The van der Waals surface area contributed by atoms with Gasteiger partial charge < -0.3 is 5.32 Å². The minimum atomic E-state index is -0.182.